The predicted molar refractivity (Wildman–Crippen MR) is 79.2 cm³/mol. The molecule has 1 N–H and O–H groups in total. The SMILES string of the molecule is CCOC(=O)C(C)(O)c1ccc(Oc2ccccc2)cc1. The van der Waals surface area contributed by atoms with Crippen molar-refractivity contribution >= 4 is 5.97 Å². The molecule has 1 unspecified atom stereocenters. The van der Waals surface area contributed by atoms with E-state index >= 15 is 0 Å². The highest BCUT2D eigenvalue weighted by atomic mass is 16.5. The molecule has 110 valence electrons. The Morgan fingerprint density at radius 1 is 1.05 bits per heavy atom. The lowest BCUT2D eigenvalue weighted by molar-refractivity contribution is -0.164. The van der Waals surface area contributed by atoms with Gasteiger partial charge in [0.2, 0.25) is 0 Å². The molecular weight excluding hydrogens is 268 g/mol. The minimum Gasteiger partial charge on any atom is -0.464 e. The van der Waals surface area contributed by atoms with Crippen LogP contribution in [0.1, 0.15) is 19.4 Å². The molecule has 0 aliphatic heterocycles. The highest BCUT2D eigenvalue weighted by molar-refractivity contribution is 5.80. The zero-order valence-corrected chi connectivity index (χ0v) is 12.1. The lowest BCUT2D eigenvalue weighted by atomic mass is 9.96. The number of carbonyl (C=O) groups is 1. The molecule has 0 aliphatic carbocycles. The van der Waals surface area contributed by atoms with Gasteiger partial charge in [0.15, 0.2) is 5.60 Å². The quantitative estimate of drug-likeness (QED) is 0.857. The number of carbonyl (C=O) groups excluding carboxylic acids is 1. The maximum atomic E-state index is 11.7. The first-order chi connectivity index (χ1) is 10.0. The molecule has 0 amide bonds. The normalized spacial score (nSPS) is 13.3. The van der Waals surface area contributed by atoms with Gasteiger partial charge in [0.25, 0.3) is 0 Å². The van der Waals surface area contributed by atoms with E-state index in [9.17, 15) is 9.90 Å². The van der Waals surface area contributed by atoms with Crippen molar-refractivity contribution in [2.75, 3.05) is 6.61 Å². The number of rotatable bonds is 5. The van der Waals surface area contributed by atoms with Gasteiger partial charge in [-0.2, -0.15) is 0 Å². The second-order valence-corrected chi connectivity index (χ2v) is 4.73. The van der Waals surface area contributed by atoms with Gasteiger partial charge < -0.3 is 14.6 Å². The van der Waals surface area contributed by atoms with E-state index in [-0.39, 0.29) is 6.61 Å². The van der Waals surface area contributed by atoms with Crippen LogP contribution in [-0.4, -0.2) is 17.7 Å². The summed E-state index contributed by atoms with van der Waals surface area (Å²) in [4.78, 5) is 11.7. The largest absolute Gasteiger partial charge is 0.464 e. The molecular formula is C17H18O4. The first-order valence-electron chi connectivity index (χ1n) is 6.77. The minimum absolute atomic E-state index is 0.226. The Bertz CT molecular complexity index is 588. The van der Waals surface area contributed by atoms with Crippen LogP contribution in [0.3, 0.4) is 0 Å². The second kappa shape index (κ2) is 6.41. The topological polar surface area (TPSA) is 55.8 Å². The van der Waals surface area contributed by atoms with Crippen molar-refractivity contribution < 1.29 is 19.4 Å². The Morgan fingerprint density at radius 3 is 2.19 bits per heavy atom. The van der Waals surface area contributed by atoms with E-state index in [2.05, 4.69) is 0 Å². The molecule has 0 spiro atoms. The standard InChI is InChI=1S/C17H18O4/c1-3-20-16(18)17(2,19)13-9-11-15(12-10-13)21-14-7-5-4-6-8-14/h4-12,19H,3H2,1-2H3. The predicted octanol–water partition coefficient (Wildman–Crippen LogP) is 3.25. The minimum atomic E-state index is -1.67. The Hall–Kier alpha value is -2.33. The number of ether oxygens (including phenoxy) is 2. The van der Waals surface area contributed by atoms with Gasteiger partial charge in [0, 0.05) is 0 Å². The highest BCUT2D eigenvalue weighted by Crippen LogP contribution is 2.26. The lowest BCUT2D eigenvalue weighted by Crippen LogP contribution is -2.34. The Labute approximate surface area is 123 Å². The molecule has 1 atom stereocenters. The monoisotopic (exact) mass is 286 g/mol. The molecule has 4 heteroatoms. The third-order valence-corrected chi connectivity index (χ3v) is 3.07. The Morgan fingerprint density at radius 2 is 1.62 bits per heavy atom. The number of para-hydroxylation sites is 1. The maximum absolute atomic E-state index is 11.7. The van der Waals surface area contributed by atoms with Crippen LogP contribution < -0.4 is 4.74 Å². The summed E-state index contributed by atoms with van der Waals surface area (Å²) < 4.78 is 10.5. The number of esters is 1. The van der Waals surface area contributed by atoms with Crippen molar-refractivity contribution in [3.8, 4) is 11.5 Å². The van der Waals surface area contributed by atoms with Gasteiger partial charge in [-0.1, -0.05) is 30.3 Å². The summed E-state index contributed by atoms with van der Waals surface area (Å²) in [6.45, 7) is 3.34. The molecule has 0 heterocycles. The van der Waals surface area contributed by atoms with E-state index in [0.717, 1.165) is 5.75 Å². The summed E-state index contributed by atoms with van der Waals surface area (Å²) in [5.74, 6) is 0.689. The zero-order valence-electron chi connectivity index (χ0n) is 12.1. The van der Waals surface area contributed by atoms with Crippen molar-refractivity contribution in [2.45, 2.75) is 19.4 Å². The highest BCUT2D eigenvalue weighted by Gasteiger charge is 2.33. The van der Waals surface area contributed by atoms with Crippen molar-refractivity contribution in [1.29, 1.82) is 0 Å². The fraction of sp³-hybridized carbons (Fsp3) is 0.235. The molecule has 0 saturated carbocycles. The zero-order chi connectivity index (χ0) is 15.3. The van der Waals surface area contributed by atoms with E-state index in [1.807, 2.05) is 30.3 Å². The summed E-state index contributed by atoms with van der Waals surface area (Å²) >= 11 is 0. The molecule has 0 aromatic heterocycles. The molecule has 21 heavy (non-hydrogen) atoms. The van der Waals surface area contributed by atoms with Gasteiger partial charge in [0.1, 0.15) is 11.5 Å². The third-order valence-electron chi connectivity index (χ3n) is 3.07. The molecule has 0 radical (unpaired) electrons. The number of benzene rings is 2. The average Bonchev–Trinajstić information content (AvgIpc) is 2.49. The Kier molecular flexibility index (Phi) is 4.60. The average molecular weight is 286 g/mol. The van der Waals surface area contributed by atoms with Gasteiger partial charge in [-0.05, 0) is 43.7 Å². The van der Waals surface area contributed by atoms with Gasteiger partial charge in [-0.25, -0.2) is 4.79 Å². The molecule has 4 nitrogen and oxygen atoms in total. The molecule has 0 fully saturated rings. The summed E-state index contributed by atoms with van der Waals surface area (Å²) in [7, 11) is 0. The second-order valence-electron chi connectivity index (χ2n) is 4.73. The number of hydrogen-bond donors (Lipinski definition) is 1. The first-order valence-corrected chi connectivity index (χ1v) is 6.77. The van der Waals surface area contributed by atoms with Crippen LogP contribution in [0, 0.1) is 0 Å². The van der Waals surface area contributed by atoms with Crippen LogP contribution in [0.25, 0.3) is 0 Å². The van der Waals surface area contributed by atoms with E-state index in [0.29, 0.717) is 11.3 Å². The van der Waals surface area contributed by atoms with Crippen LogP contribution >= 0.6 is 0 Å². The fourth-order valence-corrected chi connectivity index (χ4v) is 1.86. The molecule has 0 saturated heterocycles. The lowest BCUT2D eigenvalue weighted by Gasteiger charge is -2.21. The molecule has 2 aromatic rings. The fourth-order valence-electron chi connectivity index (χ4n) is 1.86. The summed E-state index contributed by atoms with van der Waals surface area (Å²) in [5, 5.41) is 10.3. The van der Waals surface area contributed by atoms with Gasteiger partial charge >= 0.3 is 5.97 Å². The van der Waals surface area contributed by atoms with Gasteiger partial charge in [-0.15, -0.1) is 0 Å². The van der Waals surface area contributed by atoms with Gasteiger partial charge in [0.05, 0.1) is 6.61 Å². The number of aliphatic hydroxyl groups is 1. The van der Waals surface area contributed by atoms with Crippen LogP contribution in [0.2, 0.25) is 0 Å². The summed E-state index contributed by atoms with van der Waals surface area (Å²) in [6, 6.07) is 16.1. The van der Waals surface area contributed by atoms with Crippen molar-refractivity contribution in [3.63, 3.8) is 0 Å². The van der Waals surface area contributed by atoms with Crippen LogP contribution in [0.5, 0.6) is 11.5 Å². The summed E-state index contributed by atoms with van der Waals surface area (Å²) in [6.07, 6.45) is 0. The number of hydrogen-bond acceptors (Lipinski definition) is 4. The Balaban J connectivity index is 2.13. The third kappa shape index (κ3) is 3.61. The van der Waals surface area contributed by atoms with Crippen molar-refractivity contribution in [3.05, 3.63) is 60.2 Å². The van der Waals surface area contributed by atoms with Crippen LogP contribution in [0.4, 0.5) is 0 Å². The molecule has 0 aliphatic rings. The van der Waals surface area contributed by atoms with Crippen molar-refractivity contribution in [1.82, 2.24) is 0 Å². The maximum Gasteiger partial charge on any atom is 0.342 e. The molecule has 0 bridgehead atoms. The smallest absolute Gasteiger partial charge is 0.342 e. The van der Waals surface area contributed by atoms with E-state index < -0.39 is 11.6 Å². The summed E-state index contributed by atoms with van der Waals surface area (Å²) in [5.41, 5.74) is -1.21. The van der Waals surface area contributed by atoms with E-state index in [4.69, 9.17) is 9.47 Å². The first kappa shape index (κ1) is 15.1. The molecule has 2 aromatic carbocycles. The van der Waals surface area contributed by atoms with Crippen LogP contribution in [-0.2, 0) is 15.1 Å². The van der Waals surface area contributed by atoms with Gasteiger partial charge in [-0.3, -0.25) is 0 Å². The van der Waals surface area contributed by atoms with E-state index in [1.165, 1.54) is 6.92 Å². The van der Waals surface area contributed by atoms with Crippen LogP contribution in [0.15, 0.2) is 54.6 Å². The van der Waals surface area contributed by atoms with Crippen molar-refractivity contribution in [2.24, 2.45) is 0 Å². The van der Waals surface area contributed by atoms with E-state index in [1.54, 1.807) is 31.2 Å². The molecule has 2 rings (SSSR count).